The van der Waals surface area contributed by atoms with E-state index < -0.39 is 9.84 Å². The highest BCUT2D eigenvalue weighted by atomic mass is 32.2. The maximum atomic E-state index is 11.3. The van der Waals surface area contributed by atoms with Crippen LogP contribution in [0.3, 0.4) is 0 Å². The van der Waals surface area contributed by atoms with Gasteiger partial charge >= 0.3 is 0 Å². The van der Waals surface area contributed by atoms with Crippen LogP contribution in [-0.2, 0) is 9.84 Å². The summed E-state index contributed by atoms with van der Waals surface area (Å²) in [5.74, 6) is 0.698. The second-order valence-corrected chi connectivity index (χ2v) is 5.74. The highest BCUT2D eigenvalue weighted by Crippen LogP contribution is 2.12. The molecule has 70 valence electrons. The molecule has 0 aromatic carbocycles. The minimum Gasteiger partial charge on any atom is -0.314 e. The van der Waals surface area contributed by atoms with E-state index in [4.69, 9.17) is 0 Å². The number of hydrogen-bond acceptors (Lipinski definition) is 4. The van der Waals surface area contributed by atoms with Crippen LogP contribution < -0.4 is 5.32 Å². The molecule has 4 nitrogen and oxygen atoms in total. The molecule has 0 amide bonds. The Bertz CT molecular complexity index is 263. The second kappa shape index (κ2) is 2.97. The lowest BCUT2D eigenvalue weighted by Gasteiger charge is -2.39. The van der Waals surface area contributed by atoms with E-state index in [1.165, 1.54) is 0 Å². The van der Waals surface area contributed by atoms with Crippen molar-refractivity contribution in [2.24, 2.45) is 0 Å². The molecule has 0 radical (unpaired) electrons. The third-order valence-electron chi connectivity index (χ3n) is 2.61. The van der Waals surface area contributed by atoms with Crippen molar-refractivity contribution in [1.29, 1.82) is 0 Å². The molecular weight excluding hydrogens is 176 g/mol. The summed E-state index contributed by atoms with van der Waals surface area (Å²) in [5.41, 5.74) is 0. The van der Waals surface area contributed by atoms with E-state index in [-0.39, 0.29) is 6.04 Å². The molecule has 2 aliphatic rings. The van der Waals surface area contributed by atoms with Crippen molar-refractivity contribution in [2.75, 3.05) is 37.7 Å². The molecule has 0 spiro atoms. The van der Waals surface area contributed by atoms with Gasteiger partial charge in [0, 0.05) is 32.2 Å². The Labute approximate surface area is 72.9 Å². The normalized spacial score (nSPS) is 35.8. The fourth-order valence-corrected chi connectivity index (χ4v) is 3.49. The van der Waals surface area contributed by atoms with E-state index in [9.17, 15) is 8.42 Å². The van der Waals surface area contributed by atoms with E-state index in [0.29, 0.717) is 11.5 Å². The first-order valence-corrected chi connectivity index (χ1v) is 6.15. The number of piperazine rings is 1. The van der Waals surface area contributed by atoms with Crippen LogP contribution in [0, 0.1) is 0 Å². The first-order valence-electron chi connectivity index (χ1n) is 4.32. The molecule has 0 unspecified atom stereocenters. The van der Waals surface area contributed by atoms with E-state index in [1.54, 1.807) is 0 Å². The highest BCUT2D eigenvalue weighted by Gasteiger charge is 2.32. The average molecular weight is 190 g/mol. The Balaban J connectivity index is 2.08. The summed E-state index contributed by atoms with van der Waals surface area (Å²) in [7, 11) is -2.73. The van der Waals surface area contributed by atoms with Gasteiger partial charge in [0.25, 0.3) is 0 Å². The third-order valence-corrected chi connectivity index (χ3v) is 4.31. The number of nitrogens with one attached hydrogen (secondary N) is 1. The first kappa shape index (κ1) is 8.47. The van der Waals surface area contributed by atoms with Crippen LogP contribution in [0.5, 0.6) is 0 Å². The molecule has 0 saturated carbocycles. The van der Waals surface area contributed by atoms with Crippen LogP contribution in [0.1, 0.15) is 0 Å². The molecule has 0 aliphatic carbocycles. The molecule has 0 aromatic rings. The number of fused-ring (bicyclic) bond motifs is 1. The second-order valence-electron chi connectivity index (χ2n) is 3.51. The fraction of sp³-hybridized carbons (Fsp3) is 1.00. The molecular formula is C7H14N2O2S. The lowest BCUT2D eigenvalue weighted by Crippen LogP contribution is -2.58. The van der Waals surface area contributed by atoms with Gasteiger partial charge in [0.05, 0.1) is 11.5 Å². The van der Waals surface area contributed by atoms with Crippen molar-refractivity contribution in [1.82, 2.24) is 10.2 Å². The third kappa shape index (κ3) is 1.62. The van der Waals surface area contributed by atoms with Gasteiger partial charge in [-0.05, 0) is 0 Å². The summed E-state index contributed by atoms with van der Waals surface area (Å²) in [6.45, 7) is 3.56. The molecule has 1 N–H and O–H groups in total. The molecule has 0 bridgehead atoms. The van der Waals surface area contributed by atoms with Gasteiger partial charge in [-0.15, -0.1) is 0 Å². The Hall–Kier alpha value is -0.130. The molecule has 1 atom stereocenters. The molecule has 2 fully saturated rings. The summed E-state index contributed by atoms with van der Waals surface area (Å²) in [6.07, 6.45) is 0. The average Bonchev–Trinajstić information content (AvgIpc) is 2.02. The van der Waals surface area contributed by atoms with E-state index >= 15 is 0 Å². The fourth-order valence-electron chi connectivity index (χ4n) is 1.89. The van der Waals surface area contributed by atoms with Gasteiger partial charge in [0.15, 0.2) is 9.84 Å². The first-order chi connectivity index (χ1) is 5.67. The van der Waals surface area contributed by atoms with Crippen molar-refractivity contribution >= 4 is 9.84 Å². The molecule has 2 aliphatic heterocycles. The summed E-state index contributed by atoms with van der Waals surface area (Å²) < 4.78 is 22.5. The largest absolute Gasteiger partial charge is 0.314 e. The smallest absolute Gasteiger partial charge is 0.153 e. The monoisotopic (exact) mass is 190 g/mol. The summed E-state index contributed by atoms with van der Waals surface area (Å²) in [4.78, 5) is 2.28. The van der Waals surface area contributed by atoms with E-state index in [0.717, 1.165) is 26.2 Å². The summed E-state index contributed by atoms with van der Waals surface area (Å²) in [6, 6.07) is 0.234. The molecule has 0 aromatic heterocycles. The van der Waals surface area contributed by atoms with Crippen molar-refractivity contribution in [2.45, 2.75) is 6.04 Å². The Kier molecular flexibility index (Phi) is 2.10. The van der Waals surface area contributed by atoms with Gasteiger partial charge in [-0.1, -0.05) is 0 Å². The van der Waals surface area contributed by atoms with Gasteiger partial charge in [-0.2, -0.15) is 0 Å². The molecule has 2 rings (SSSR count). The predicted octanol–water partition coefficient (Wildman–Crippen LogP) is -1.31. The molecule has 12 heavy (non-hydrogen) atoms. The lowest BCUT2D eigenvalue weighted by atomic mass is 10.2. The Morgan fingerprint density at radius 3 is 3.00 bits per heavy atom. The maximum Gasteiger partial charge on any atom is 0.153 e. The number of hydrogen-bond donors (Lipinski definition) is 1. The summed E-state index contributed by atoms with van der Waals surface area (Å²) >= 11 is 0. The van der Waals surface area contributed by atoms with Crippen LogP contribution in [0.4, 0.5) is 0 Å². The van der Waals surface area contributed by atoms with Crippen LogP contribution in [0.15, 0.2) is 0 Å². The lowest BCUT2D eigenvalue weighted by molar-refractivity contribution is 0.178. The minimum atomic E-state index is -2.73. The van der Waals surface area contributed by atoms with Crippen LogP contribution >= 0.6 is 0 Å². The van der Waals surface area contributed by atoms with Crippen molar-refractivity contribution in [3.8, 4) is 0 Å². The summed E-state index contributed by atoms with van der Waals surface area (Å²) in [5, 5.41) is 3.22. The van der Waals surface area contributed by atoms with E-state index in [2.05, 4.69) is 10.2 Å². The Morgan fingerprint density at radius 2 is 2.17 bits per heavy atom. The minimum absolute atomic E-state index is 0.234. The molecule has 2 heterocycles. The van der Waals surface area contributed by atoms with Gasteiger partial charge in [-0.3, -0.25) is 4.90 Å². The van der Waals surface area contributed by atoms with Crippen molar-refractivity contribution in [3.63, 3.8) is 0 Å². The molecule has 5 heteroatoms. The SMILES string of the molecule is O=S1(=O)CCN2CCNC[C@@H]2C1. The van der Waals surface area contributed by atoms with Crippen molar-refractivity contribution < 1.29 is 8.42 Å². The van der Waals surface area contributed by atoms with Gasteiger partial charge in [0.2, 0.25) is 0 Å². The van der Waals surface area contributed by atoms with Gasteiger partial charge in [-0.25, -0.2) is 8.42 Å². The zero-order chi connectivity index (χ0) is 8.60. The molecule has 2 saturated heterocycles. The van der Waals surface area contributed by atoms with E-state index in [1.807, 2.05) is 0 Å². The van der Waals surface area contributed by atoms with Gasteiger partial charge in [0.1, 0.15) is 0 Å². The Morgan fingerprint density at radius 1 is 1.33 bits per heavy atom. The standard InChI is InChI=1S/C7H14N2O2S/c10-12(11)4-3-9-2-1-8-5-7(9)6-12/h7-8H,1-6H2/t7-/m1/s1. The van der Waals surface area contributed by atoms with Crippen LogP contribution in [0.2, 0.25) is 0 Å². The zero-order valence-electron chi connectivity index (χ0n) is 6.99. The van der Waals surface area contributed by atoms with Crippen molar-refractivity contribution in [3.05, 3.63) is 0 Å². The predicted molar refractivity (Wildman–Crippen MR) is 46.9 cm³/mol. The zero-order valence-corrected chi connectivity index (χ0v) is 7.81. The number of sulfone groups is 1. The quantitative estimate of drug-likeness (QED) is 0.515. The van der Waals surface area contributed by atoms with Crippen LogP contribution in [0.25, 0.3) is 0 Å². The topological polar surface area (TPSA) is 49.4 Å². The highest BCUT2D eigenvalue weighted by molar-refractivity contribution is 7.91. The van der Waals surface area contributed by atoms with Crippen LogP contribution in [-0.4, -0.2) is 57.0 Å². The maximum absolute atomic E-state index is 11.3. The van der Waals surface area contributed by atoms with Gasteiger partial charge < -0.3 is 5.32 Å². The number of rotatable bonds is 0. The number of nitrogens with zero attached hydrogens (tertiary/aromatic N) is 1.